The molecule has 0 amide bonds. The predicted octanol–water partition coefficient (Wildman–Crippen LogP) is 2.00. The zero-order chi connectivity index (χ0) is 7.26. The molecule has 55 valence electrons. The van der Waals surface area contributed by atoms with Crippen LogP contribution in [-0.4, -0.2) is 6.61 Å². The van der Waals surface area contributed by atoms with E-state index in [2.05, 4.69) is 24.6 Å². The van der Waals surface area contributed by atoms with Gasteiger partial charge in [0.05, 0.1) is 6.61 Å². The fraction of sp³-hybridized carbons (Fsp3) is 0.300. The summed E-state index contributed by atoms with van der Waals surface area (Å²) >= 11 is 0. The maximum Gasteiger partial charge on any atom is 0.122 e. The lowest BCUT2D eigenvalue weighted by molar-refractivity contribution is 0.281. The predicted molar refractivity (Wildman–Crippen MR) is 42.5 cm³/mol. The molecule has 2 atom stereocenters. The minimum Gasteiger partial charge on any atom is -0.493 e. The summed E-state index contributed by atoms with van der Waals surface area (Å²) in [7, 11) is 0. The molecule has 0 bridgehead atoms. The van der Waals surface area contributed by atoms with Gasteiger partial charge in [-0.3, -0.25) is 0 Å². The summed E-state index contributed by atoms with van der Waals surface area (Å²) < 4.78 is 5.55. The van der Waals surface area contributed by atoms with E-state index in [0.717, 1.165) is 12.4 Å². The highest BCUT2D eigenvalue weighted by Gasteiger charge is 2.43. The molecule has 1 fully saturated rings. The van der Waals surface area contributed by atoms with Crippen LogP contribution in [0.25, 0.3) is 0 Å². The first-order valence-electron chi connectivity index (χ1n) is 4.02. The van der Waals surface area contributed by atoms with Gasteiger partial charge in [-0.2, -0.15) is 0 Å². The van der Waals surface area contributed by atoms with E-state index >= 15 is 0 Å². The standard InChI is InChI=1S/C10H9O/c1-2-4-10-8(3-1)9-5-7(9)6-11-10/h1-5,7,9H,6H2. The summed E-state index contributed by atoms with van der Waals surface area (Å²) in [5, 5.41) is 0. The van der Waals surface area contributed by atoms with E-state index in [1.165, 1.54) is 5.56 Å². The van der Waals surface area contributed by atoms with Crippen LogP contribution in [-0.2, 0) is 0 Å². The summed E-state index contributed by atoms with van der Waals surface area (Å²) in [5.41, 5.74) is 1.38. The Kier molecular flexibility index (Phi) is 0.916. The van der Waals surface area contributed by atoms with E-state index in [9.17, 15) is 0 Å². The number of ether oxygens (including phenoxy) is 1. The first kappa shape index (κ1) is 5.64. The van der Waals surface area contributed by atoms with E-state index in [-0.39, 0.29) is 0 Å². The number of benzene rings is 1. The van der Waals surface area contributed by atoms with Gasteiger partial charge in [-0.1, -0.05) is 18.2 Å². The quantitative estimate of drug-likeness (QED) is 0.542. The second kappa shape index (κ2) is 1.79. The number of fused-ring (bicyclic) bond motifs is 3. The van der Waals surface area contributed by atoms with Crippen molar-refractivity contribution in [3.8, 4) is 5.75 Å². The van der Waals surface area contributed by atoms with Gasteiger partial charge in [0.2, 0.25) is 0 Å². The van der Waals surface area contributed by atoms with Gasteiger partial charge in [0.15, 0.2) is 0 Å². The van der Waals surface area contributed by atoms with Crippen molar-refractivity contribution in [3.63, 3.8) is 0 Å². The van der Waals surface area contributed by atoms with Crippen molar-refractivity contribution in [2.75, 3.05) is 6.61 Å². The zero-order valence-electron chi connectivity index (χ0n) is 6.16. The van der Waals surface area contributed by atoms with Crippen LogP contribution in [0.4, 0.5) is 0 Å². The van der Waals surface area contributed by atoms with Crippen molar-refractivity contribution in [1.82, 2.24) is 0 Å². The average molecular weight is 145 g/mol. The van der Waals surface area contributed by atoms with Crippen LogP contribution in [0.5, 0.6) is 5.75 Å². The highest BCUT2D eigenvalue weighted by Crippen LogP contribution is 2.52. The second-order valence-corrected chi connectivity index (χ2v) is 3.23. The minimum atomic E-state index is 0.708. The normalized spacial score (nSPS) is 31.6. The molecule has 0 N–H and O–H groups in total. The summed E-state index contributed by atoms with van der Waals surface area (Å²) in [6.45, 7) is 0.891. The zero-order valence-corrected chi connectivity index (χ0v) is 6.16. The molecule has 1 aromatic rings. The smallest absolute Gasteiger partial charge is 0.122 e. The highest BCUT2D eigenvalue weighted by molar-refractivity contribution is 5.45. The van der Waals surface area contributed by atoms with E-state index in [1.54, 1.807) is 0 Å². The van der Waals surface area contributed by atoms with Gasteiger partial charge in [-0.15, -0.1) is 0 Å². The Bertz CT molecular complexity index is 293. The lowest BCUT2D eigenvalue weighted by atomic mass is 10.1. The van der Waals surface area contributed by atoms with E-state index in [0.29, 0.717) is 11.8 Å². The van der Waals surface area contributed by atoms with Crippen molar-refractivity contribution in [2.45, 2.75) is 5.92 Å². The summed E-state index contributed by atoms with van der Waals surface area (Å²) in [5.74, 6) is 2.51. The number of hydrogen-bond acceptors (Lipinski definition) is 1. The van der Waals surface area contributed by atoms with Gasteiger partial charge in [-0.05, 0) is 24.0 Å². The molecule has 0 saturated heterocycles. The van der Waals surface area contributed by atoms with Gasteiger partial charge in [0.1, 0.15) is 5.75 Å². The minimum absolute atomic E-state index is 0.708. The first-order valence-corrected chi connectivity index (χ1v) is 4.02. The van der Waals surface area contributed by atoms with Crippen molar-refractivity contribution >= 4 is 0 Å². The third-order valence-corrected chi connectivity index (χ3v) is 2.48. The molecule has 1 aliphatic carbocycles. The molecular weight excluding hydrogens is 136 g/mol. The SMILES string of the molecule is [CH]1C2COc3ccccc3C12. The Morgan fingerprint density at radius 1 is 1.27 bits per heavy atom. The van der Waals surface area contributed by atoms with Gasteiger partial charge < -0.3 is 4.74 Å². The summed E-state index contributed by atoms with van der Waals surface area (Å²) in [4.78, 5) is 0. The summed E-state index contributed by atoms with van der Waals surface area (Å²) in [6.07, 6.45) is 2.35. The molecule has 3 rings (SSSR count). The Morgan fingerprint density at radius 3 is 3.18 bits per heavy atom. The van der Waals surface area contributed by atoms with Crippen LogP contribution in [0.3, 0.4) is 0 Å². The van der Waals surface area contributed by atoms with Crippen molar-refractivity contribution in [1.29, 1.82) is 0 Å². The van der Waals surface area contributed by atoms with Gasteiger partial charge in [0, 0.05) is 5.92 Å². The van der Waals surface area contributed by atoms with Crippen LogP contribution < -0.4 is 4.74 Å². The number of para-hydroxylation sites is 1. The van der Waals surface area contributed by atoms with Crippen molar-refractivity contribution < 1.29 is 4.74 Å². The van der Waals surface area contributed by atoms with Gasteiger partial charge in [-0.25, -0.2) is 0 Å². The second-order valence-electron chi connectivity index (χ2n) is 3.23. The molecule has 11 heavy (non-hydrogen) atoms. The van der Waals surface area contributed by atoms with Crippen LogP contribution >= 0.6 is 0 Å². The fourth-order valence-electron chi connectivity index (χ4n) is 1.77. The molecule has 2 unspecified atom stereocenters. The molecule has 1 aromatic carbocycles. The third-order valence-electron chi connectivity index (χ3n) is 2.48. The monoisotopic (exact) mass is 145 g/mol. The molecule has 1 aliphatic heterocycles. The number of rotatable bonds is 0. The van der Waals surface area contributed by atoms with E-state index < -0.39 is 0 Å². The van der Waals surface area contributed by atoms with Gasteiger partial charge >= 0.3 is 0 Å². The topological polar surface area (TPSA) is 9.23 Å². The average Bonchev–Trinajstić information content (AvgIpc) is 2.83. The first-order chi connectivity index (χ1) is 5.45. The molecule has 1 heterocycles. The molecule has 2 aliphatic rings. The van der Waals surface area contributed by atoms with Crippen molar-refractivity contribution in [3.05, 3.63) is 36.2 Å². The molecular formula is C10H9O. The molecule has 0 aromatic heterocycles. The Balaban J connectivity index is 2.14. The third kappa shape index (κ3) is 0.710. The van der Waals surface area contributed by atoms with E-state index in [1.807, 2.05) is 6.07 Å². The molecule has 1 saturated carbocycles. The number of hydrogen-bond donors (Lipinski definition) is 0. The Labute approximate surface area is 66.0 Å². The van der Waals surface area contributed by atoms with E-state index in [4.69, 9.17) is 4.74 Å². The molecule has 1 nitrogen and oxygen atoms in total. The fourth-order valence-corrected chi connectivity index (χ4v) is 1.77. The van der Waals surface area contributed by atoms with Crippen LogP contribution in [0.1, 0.15) is 11.5 Å². The molecule has 1 radical (unpaired) electrons. The molecule has 0 spiro atoms. The lowest BCUT2D eigenvalue weighted by Gasteiger charge is -2.15. The maximum atomic E-state index is 5.55. The summed E-state index contributed by atoms with van der Waals surface area (Å²) in [6, 6.07) is 8.33. The Hall–Kier alpha value is -0.980. The largest absolute Gasteiger partial charge is 0.493 e. The van der Waals surface area contributed by atoms with Crippen LogP contribution in [0, 0.1) is 12.3 Å². The molecule has 1 heteroatoms. The van der Waals surface area contributed by atoms with Crippen LogP contribution in [0.15, 0.2) is 24.3 Å². The Morgan fingerprint density at radius 2 is 2.18 bits per heavy atom. The maximum absolute atomic E-state index is 5.55. The van der Waals surface area contributed by atoms with Crippen LogP contribution in [0.2, 0.25) is 0 Å². The van der Waals surface area contributed by atoms with Crippen molar-refractivity contribution in [2.24, 2.45) is 5.92 Å². The van der Waals surface area contributed by atoms with Gasteiger partial charge in [0.25, 0.3) is 0 Å². The highest BCUT2D eigenvalue weighted by atomic mass is 16.5. The lowest BCUT2D eigenvalue weighted by Crippen LogP contribution is -2.07.